The van der Waals surface area contributed by atoms with Crippen LogP contribution in [0.3, 0.4) is 0 Å². The molecule has 160 valence electrons. The number of hydrogen-bond acceptors (Lipinski definition) is 8. The Morgan fingerprint density at radius 2 is 2.09 bits per heavy atom. The maximum atomic E-state index is 14.7. The van der Waals surface area contributed by atoms with Gasteiger partial charge in [0.1, 0.15) is 29.6 Å². The number of nitrogens with one attached hydrogen (secondary N) is 2. The van der Waals surface area contributed by atoms with Crippen LogP contribution in [-0.2, 0) is 11.4 Å². The van der Waals surface area contributed by atoms with Gasteiger partial charge in [-0.15, -0.1) is 17.1 Å². The summed E-state index contributed by atoms with van der Waals surface area (Å²) in [6, 6.07) is 4.15. The summed E-state index contributed by atoms with van der Waals surface area (Å²) in [5.41, 5.74) is 2.64. The van der Waals surface area contributed by atoms with Gasteiger partial charge in [-0.2, -0.15) is 4.39 Å². The summed E-state index contributed by atoms with van der Waals surface area (Å²) in [5.74, 6) is -2.57. The Balaban J connectivity index is 1.60. The quantitative estimate of drug-likeness (QED) is 0.317. The predicted molar refractivity (Wildman–Crippen MR) is 116 cm³/mol. The van der Waals surface area contributed by atoms with Gasteiger partial charge in [0.05, 0.1) is 17.4 Å². The number of aromatic nitrogens is 4. The third-order valence-electron chi connectivity index (χ3n) is 4.14. The molecule has 0 unspecified atom stereocenters. The van der Waals surface area contributed by atoms with Gasteiger partial charge in [-0.1, -0.05) is 6.58 Å². The molecule has 8 nitrogen and oxygen atoms in total. The highest BCUT2D eigenvalue weighted by atomic mass is 32.1. The highest BCUT2D eigenvalue weighted by Crippen LogP contribution is 2.30. The maximum Gasteiger partial charge on any atom is 0.257 e. The van der Waals surface area contributed by atoms with Crippen molar-refractivity contribution in [2.24, 2.45) is 0 Å². The summed E-state index contributed by atoms with van der Waals surface area (Å²) in [5, 5.41) is 8.12. The lowest BCUT2D eigenvalue weighted by atomic mass is 10.2. The zero-order chi connectivity index (χ0) is 22.5. The molecule has 0 saturated heterocycles. The molecule has 1 aromatic carbocycles. The largest absolute Gasteiger partial charge is 0.483 e. The molecule has 0 saturated carbocycles. The highest BCUT2D eigenvalue weighted by molar-refractivity contribution is 7.09. The van der Waals surface area contributed by atoms with E-state index in [0.717, 1.165) is 6.08 Å². The van der Waals surface area contributed by atoms with E-state index >= 15 is 0 Å². The summed E-state index contributed by atoms with van der Waals surface area (Å²) in [4.78, 5) is 28.0. The number of pyridine rings is 1. The minimum Gasteiger partial charge on any atom is -0.483 e. The Morgan fingerprint density at radius 1 is 1.22 bits per heavy atom. The number of benzene rings is 1. The van der Waals surface area contributed by atoms with Crippen molar-refractivity contribution in [3.63, 3.8) is 0 Å². The van der Waals surface area contributed by atoms with Crippen LogP contribution in [-0.4, -0.2) is 25.8 Å². The van der Waals surface area contributed by atoms with E-state index in [2.05, 4.69) is 42.9 Å². The van der Waals surface area contributed by atoms with Crippen LogP contribution in [0.5, 0.6) is 5.75 Å². The molecule has 0 radical (unpaired) electrons. The normalized spacial score (nSPS) is 10.4. The molecule has 3 aromatic heterocycles. The molecule has 0 aliphatic carbocycles. The third-order valence-corrected chi connectivity index (χ3v) is 4.89. The molecule has 0 atom stereocenters. The van der Waals surface area contributed by atoms with Crippen molar-refractivity contribution in [1.82, 2.24) is 19.9 Å². The first-order valence-electron chi connectivity index (χ1n) is 9.09. The Morgan fingerprint density at radius 3 is 2.88 bits per heavy atom. The zero-order valence-corrected chi connectivity index (χ0v) is 17.1. The van der Waals surface area contributed by atoms with E-state index in [4.69, 9.17) is 4.74 Å². The van der Waals surface area contributed by atoms with E-state index < -0.39 is 17.5 Å². The van der Waals surface area contributed by atoms with E-state index in [1.165, 1.54) is 42.1 Å². The molecule has 0 fully saturated rings. The number of thiazole rings is 1. The number of halogens is 2. The van der Waals surface area contributed by atoms with Crippen molar-refractivity contribution < 1.29 is 18.3 Å². The summed E-state index contributed by atoms with van der Waals surface area (Å²) in [7, 11) is 0. The van der Waals surface area contributed by atoms with E-state index in [0.29, 0.717) is 15.9 Å². The second-order valence-corrected chi connectivity index (χ2v) is 7.20. The van der Waals surface area contributed by atoms with Crippen molar-refractivity contribution in [1.29, 1.82) is 0 Å². The molecule has 3 heterocycles. The molecular weight excluding hydrogens is 438 g/mol. The van der Waals surface area contributed by atoms with Gasteiger partial charge in [0.15, 0.2) is 11.6 Å². The van der Waals surface area contributed by atoms with Crippen LogP contribution in [0.2, 0.25) is 0 Å². The molecular formula is C21H14F2N6O2S. The standard InChI is InChI=1S/C21H14F2N6O2S/c1-2-3-17(30)29-16-8-12-14(9-25-16)26-11-27-21(12)28-13-4-5-15(20(23)19(13)22)31-10-18-24-6-7-32-18/h3-9,11H,1,10H2,(H,25,29,30)(H,26,27,28). The molecule has 0 spiro atoms. The summed E-state index contributed by atoms with van der Waals surface area (Å²) in [6.07, 6.45) is 5.39. The average Bonchev–Trinajstić information content (AvgIpc) is 3.30. The Labute approximate surface area is 184 Å². The number of anilines is 3. The number of carbonyl (C=O) groups excluding carboxylic acids is 1. The second-order valence-electron chi connectivity index (χ2n) is 6.23. The molecule has 4 rings (SSSR count). The molecule has 2 N–H and O–H groups in total. The van der Waals surface area contributed by atoms with E-state index in [-0.39, 0.29) is 29.7 Å². The average molecular weight is 452 g/mol. The predicted octanol–water partition coefficient (Wildman–Crippen LogP) is 4.36. The number of amides is 1. The van der Waals surface area contributed by atoms with Crippen molar-refractivity contribution in [3.8, 4) is 5.75 Å². The third kappa shape index (κ3) is 4.59. The van der Waals surface area contributed by atoms with Gasteiger partial charge in [-0.25, -0.2) is 24.3 Å². The summed E-state index contributed by atoms with van der Waals surface area (Å²) >= 11 is 1.35. The summed E-state index contributed by atoms with van der Waals surface area (Å²) < 4.78 is 34.5. The van der Waals surface area contributed by atoms with Gasteiger partial charge in [0.2, 0.25) is 5.82 Å². The minimum absolute atomic E-state index is 0.0277. The highest BCUT2D eigenvalue weighted by Gasteiger charge is 2.17. The number of ether oxygens (including phenoxy) is 1. The zero-order valence-electron chi connectivity index (χ0n) is 16.3. The van der Waals surface area contributed by atoms with Crippen LogP contribution in [0.15, 0.2) is 60.7 Å². The first-order chi connectivity index (χ1) is 15.5. The van der Waals surface area contributed by atoms with E-state index in [1.54, 1.807) is 11.6 Å². The van der Waals surface area contributed by atoms with Crippen molar-refractivity contribution in [2.45, 2.75) is 6.61 Å². The van der Waals surface area contributed by atoms with Gasteiger partial charge in [0, 0.05) is 23.0 Å². The number of fused-ring (bicyclic) bond motifs is 1. The minimum atomic E-state index is -1.14. The van der Waals surface area contributed by atoms with Crippen LogP contribution < -0.4 is 15.4 Å². The Kier molecular flexibility index (Phi) is 6.11. The van der Waals surface area contributed by atoms with Gasteiger partial charge >= 0.3 is 0 Å². The molecule has 0 aliphatic heterocycles. The smallest absolute Gasteiger partial charge is 0.257 e. The van der Waals surface area contributed by atoms with Crippen LogP contribution >= 0.6 is 11.3 Å². The van der Waals surface area contributed by atoms with Crippen LogP contribution in [0.4, 0.5) is 26.1 Å². The van der Waals surface area contributed by atoms with Crippen molar-refractivity contribution in [2.75, 3.05) is 10.6 Å². The Hall–Kier alpha value is -4.21. The Bertz CT molecular complexity index is 1340. The lowest BCUT2D eigenvalue weighted by Gasteiger charge is -2.12. The van der Waals surface area contributed by atoms with E-state index in [9.17, 15) is 13.6 Å². The number of rotatable bonds is 7. The van der Waals surface area contributed by atoms with Crippen molar-refractivity contribution in [3.05, 3.63) is 77.3 Å². The molecule has 0 bridgehead atoms. The fourth-order valence-electron chi connectivity index (χ4n) is 2.71. The second kappa shape index (κ2) is 9.29. The molecule has 11 heteroatoms. The van der Waals surface area contributed by atoms with Crippen LogP contribution in [0, 0.1) is 11.6 Å². The monoisotopic (exact) mass is 452 g/mol. The van der Waals surface area contributed by atoms with Crippen LogP contribution in [0.1, 0.15) is 5.01 Å². The van der Waals surface area contributed by atoms with Crippen LogP contribution in [0.25, 0.3) is 10.9 Å². The van der Waals surface area contributed by atoms with Gasteiger partial charge in [0.25, 0.3) is 5.91 Å². The SMILES string of the molecule is C=C=CC(=O)Nc1cc2c(Nc3ccc(OCc4nccs4)c(F)c3F)ncnc2cn1. The molecule has 4 aromatic rings. The maximum absolute atomic E-state index is 14.7. The first-order valence-corrected chi connectivity index (χ1v) is 9.97. The number of hydrogen-bond donors (Lipinski definition) is 2. The fourth-order valence-corrected chi connectivity index (χ4v) is 3.24. The van der Waals surface area contributed by atoms with Gasteiger partial charge < -0.3 is 15.4 Å². The lowest BCUT2D eigenvalue weighted by molar-refractivity contribution is -0.111. The molecule has 1 amide bonds. The van der Waals surface area contributed by atoms with Gasteiger partial charge in [-0.05, 0) is 18.2 Å². The van der Waals surface area contributed by atoms with Gasteiger partial charge in [-0.3, -0.25) is 4.79 Å². The molecule has 32 heavy (non-hydrogen) atoms. The molecule has 0 aliphatic rings. The number of nitrogens with zero attached hydrogens (tertiary/aromatic N) is 4. The topological polar surface area (TPSA) is 102 Å². The number of carbonyl (C=O) groups is 1. The first kappa shape index (κ1) is 21.0. The lowest BCUT2D eigenvalue weighted by Crippen LogP contribution is -2.09. The van der Waals surface area contributed by atoms with Crippen molar-refractivity contribution >= 4 is 45.5 Å². The van der Waals surface area contributed by atoms with E-state index in [1.807, 2.05) is 0 Å². The summed E-state index contributed by atoms with van der Waals surface area (Å²) in [6.45, 7) is 3.36. The fraction of sp³-hybridized carbons (Fsp3) is 0.0476.